The van der Waals surface area contributed by atoms with E-state index < -0.39 is 0 Å². The lowest BCUT2D eigenvalue weighted by Gasteiger charge is -2.19. The minimum Gasteiger partial charge on any atom is -0.395 e. The predicted molar refractivity (Wildman–Crippen MR) is 102 cm³/mol. The Labute approximate surface area is 153 Å². The number of para-hydroxylation sites is 1. The fourth-order valence-electron chi connectivity index (χ4n) is 2.98. The number of carbonyl (C=O) groups is 1. The normalized spacial score (nSPS) is 10.7. The van der Waals surface area contributed by atoms with Crippen molar-refractivity contribution in [3.05, 3.63) is 71.9 Å². The average Bonchev–Trinajstić information content (AvgIpc) is 3.12. The van der Waals surface area contributed by atoms with Crippen LogP contribution < -0.4 is 0 Å². The van der Waals surface area contributed by atoms with Crippen LogP contribution in [0.1, 0.15) is 22.8 Å². The van der Waals surface area contributed by atoms with Crippen molar-refractivity contribution in [2.75, 3.05) is 19.7 Å². The zero-order chi connectivity index (χ0) is 18.5. The van der Waals surface area contributed by atoms with Gasteiger partial charge in [0.05, 0.1) is 17.9 Å². The molecule has 0 saturated heterocycles. The number of aliphatic hydroxyl groups is 1. The molecule has 3 rings (SSSR count). The van der Waals surface area contributed by atoms with E-state index in [4.69, 9.17) is 5.10 Å². The van der Waals surface area contributed by atoms with Crippen molar-refractivity contribution in [2.24, 2.45) is 0 Å². The first kappa shape index (κ1) is 17.9. The van der Waals surface area contributed by atoms with E-state index in [1.165, 1.54) is 0 Å². The maximum Gasteiger partial charge on any atom is 0.257 e. The third-order valence-electron chi connectivity index (χ3n) is 4.40. The lowest BCUT2D eigenvalue weighted by molar-refractivity contribution is 0.0732. The number of amides is 1. The number of benzene rings is 2. The lowest BCUT2D eigenvalue weighted by atomic mass is 10.0. The molecule has 0 aliphatic carbocycles. The number of hydrogen-bond donors (Lipinski definition) is 1. The maximum atomic E-state index is 13.1. The van der Waals surface area contributed by atoms with Gasteiger partial charge in [-0.25, -0.2) is 4.68 Å². The monoisotopic (exact) mass is 349 g/mol. The number of likely N-dealkylation sites (N-methyl/N-ethyl adjacent to an activating group) is 1. The van der Waals surface area contributed by atoms with Gasteiger partial charge in [-0.1, -0.05) is 42.5 Å². The van der Waals surface area contributed by atoms with Crippen molar-refractivity contribution in [3.8, 4) is 16.9 Å². The second-order valence-corrected chi connectivity index (χ2v) is 6.09. The minimum atomic E-state index is -0.123. The molecule has 0 atom stereocenters. The first-order chi connectivity index (χ1) is 12.7. The molecule has 1 heterocycles. The van der Waals surface area contributed by atoms with Crippen LogP contribution in [0.15, 0.2) is 60.8 Å². The van der Waals surface area contributed by atoms with E-state index >= 15 is 0 Å². The summed E-state index contributed by atoms with van der Waals surface area (Å²) >= 11 is 0. The molecule has 0 aliphatic heterocycles. The Morgan fingerprint density at radius 1 is 1.12 bits per heavy atom. The molecular formula is C21H23N3O2. The predicted octanol–water partition coefficient (Wildman–Crippen LogP) is 3.30. The SMILES string of the molecule is CCN(CCO)C(=O)c1cn(-c2ccccc2)nc1-c1ccccc1C. The van der Waals surface area contributed by atoms with Gasteiger partial charge in [-0.3, -0.25) is 4.79 Å². The lowest BCUT2D eigenvalue weighted by Crippen LogP contribution is -2.33. The van der Waals surface area contributed by atoms with Crippen LogP contribution in [0, 0.1) is 6.92 Å². The third kappa shape index (κ3) is 3.53. The van der Waals surface area contributed by atoms with E-state index in [1.54, 1.807) is 15.8 Å². The summed E-state index contributed by atoms with van der Waals surface area (Å²) < 4.78 is 1.74. The van der Waals surface area contributed by atoms with Gasteiger partial charge in [0.2, 0.25) is 0 Å². The smallest absolute Gasteiger partial charge is 0.257 e. The standard InChI is InChI=1S/C21H23N3O2/c1-3-23(13-14-25)21(26)19-15-24(17-10-5-4-6-11-17)22-20(19)18-12-8-7-9-16(18)2/h4-12,15,25H,3,13-14H2,1-2H3. The molecule has 0 unspecified atom stereocenters. The molecule has 0 spiro atoms. The van der Waals surface area contributed by atoms with Gasteiger partial charge in [-0.05, 0) is 31.5 Å². The summed E-state index contributed by atoms with van der Waals surface area (Å²) in [5.41, 5.74) is 4.09. The van der Waals surface area contributed by atoms with Crippen LogP contribution in [-0.2, 0) is 0 Å². The molecule has 0 saturated carbocycles. The molecule has 0 aliphatic rings. The third-order valence-corrected chi connectivity index (χ3v) is 4.40. The molecule has 5 heteroatoms. The summed E-state index contributed by atoms with van der Waals surface area (Å²) in [6, 6.07) is 17.6. The first-order valence-electron chi connectivity index (χ1n) is 8.77. The largest absolute Gasteiger partial charge is 0.395 e. The molecule has 26 heavy (non-hydrogen) atoms. The van der Waals surface area contributed by atoms with Gasteiger partial charge in [-0.2, -0.15) is 5.10 Å². The van der Waals surface area contributed by atoms with Gasteiger partial charge in [0.25, 0.3) is 5.91 Å². The van der Waals surface area contributed by atoms with Crippen LogP contribution in [0.25, 0.3) is 16.9 Å². The van der Waals surface area contributed by atoms with Gasteiger partial charge in [0, 0.05) is 24.8 Å². The van der Waals surface area contributed by atoms with Gasteiger partial charge in [0.15, 0.2) is 0 Å². The summed E-state index contributed by atoms with van der Waals surface area (Å²) in [5.74, 6) is -0.123. The highest BCUT2D eigenvalue weighted by Gasteiger charge is 2.23. The molecule has 2 aromatic carbocycles. The summed E-state index contributed by atoms with van der Waals surface area (Å²) in [4.78, 5) is 14.7. The van der Waals surface area contributed by atoms with Crippen LogP contribution in [-0.4, -0.2) is 45.4 Å². The maximum absolute atomic E-state index is 13.1. The van der Waals surface area contributed by atoms with Crippen LogP contribution in [0.3, 0.4) is 0 Å². The Kier molecular flexibility index (Phi) is 5.49. The average molecular weight is 349 g/mol. The molecule has 134 valence electrons. The molecule has 1 N–H and O–H groups in total. The molecule has 5 nitrogen and oxygen atoms in total. The number of hydrogen-bond acceptors (Lipinski definition) is 3. The minimum absolute atomic E-state index is 0.0634. The Hall–Kier alpha value is -2.92. The van der Waals surface area contributed by atoms with Crippen LogP contribution in [0.2, 0.25) is 0 Å². The van der Waals surface area contributed by atoms with E-state index in [2.05, 4.69) is 0 Å². The van der Waals surface area contributed by atoms with E-state index in [0.29, 0.717) is 24.3 Å². The molecule has 0 radical (unpaired) electrons. The number of aromatic nitrogens is 2. The Morgan fingerprint density at radius 2 is 1.81 bits per heavy atom. The van der Waals surface area contributed by atoms with Crippen LogP contribution >= 0.6 is 0 Å². The number of carbonyl (C=O) groups excluding carboxylic acids is 1. The zero-order valence-corrected chi connectivity index (χ0v) is 15.1. The highest BCUT2D eigenvalue weighted by Crippen LogP contribution is 2.27. The van der Waals surface area contributed by atoms with Crippen molar-refractivity contribution in [1.82, 2.24) is 14.7 Å². The number of aryl methyl sites for hydroxylation is 1. The topological polar surface area (TPSA) is 58.4 Å². The summed E-state index contributed by atoms with van der Waals surface area (Å²) in [6.45, 7) is 4.69. The van der Waals surface area contributed by atoms with Crippen molar-refractivity contribution >= 4 is 5.91 Å². The number of rotatable bonds is 6. The van der Waals surface area contributed by atoms with E-state index in [1.807, 2.05) is 68.4 Å². The quantitative estimate of drug-likeness (QED) is 0.743. The molecule has 1 aromatic heterocycles. The second kappa shape index (κ2) is 7.97. The number of aliphatic hydroxyl groups excluding tert-OH is 1. The summed E-state index contributed by atoms with van der Waals surface area (Å²) in [6.07, 6.45) is 1.78. The van der Waals surface area contributed by atoms with Crippen molar-refractivity contribution in [3.63, 3.8) is 0 Å². The fourth-order valence-corrected chi connectivity index (χ4v) is 2.98. The molecular weight excluding hydrogens is 326 g/mol. The zero-order valence-electron chi connectivity index (χ0n) is 15.1. The molecule has 1 amide bonds. The fraction of sp³-hybridized carbons (Fsp3) is 0.238. The molecule has 0 bridgehead atoms. The summed E-state index contributed by atoms with van der Waals surface area (Å²) in [5, 5.41) is 14.0. The Morgan fingerprint density at radius 3 is 2.46 bits per heavy atom. The van der Waals surface area contributed by atoms with E-state index in [9.17, 15) is 9.90 Å². The van der Waals surface area contributed by atoms with Crippen molar-refractivity contribution in [2.45, 2.75) is 13.8 Å². The molecule has 0 fully saturated rings. The van der Waals surface area contributed by atoms with Crippen molar-refractivity contribution in [1.29, 1.82) is 0 Å². The van der Waals surface area contributed by atoms with Crippen LogP contribution in [0.4, 0.5) is 0 Å². The number of nitrogens with zero attached hydrogens (tertiary/aromatic N) is 3. The molecule has 3 aromatic rings. The van der Waals surface area contributed by atoms with E-state index in [0.717, 1.165) is 16.8 Å². The van der Waals surface area contributed by atoms with E-state index in [-0.39, 0.29) is 12.5 Å². The second-order valence-electron chi connectivity index (χ2n) is 6.09. The van der Waals surface area contributed by atoms with Gasteiger partial charge >= 0.3 is 0 Å². The van der Waals surface area contributed by atoms with Crippen LogP contribution in [0.5, 0.6) is 0 Å². The van der Waals surface area contributed by atoms with Gasteiger partial charge < -0.3 is 10.0 Å². The highest BCUT2D eigenvalue weighted by molar-refractivity contribution is 6.00. The first-order valence-corrected chi connectivity index (χ1v) is 8.77. The summed E-state index contributed by atoms with van der Waals surface area (Å²) in [7, 11) is 0. The highest BCUT2D eigenvalue weighted by atomic mass is 16.3. The Bertz CT molecular complexity index is 887. The van der Waals surface area contributed by atoms with Crippen molar-refractivity contribution < 1.29 is 9.90 Å². The van der Waals surface area contributed by atoms with Gasteiger partial charge in [-0.15, -0.1) is 0 Å². The Balaban J connectivity index is 2.14. The van der Waals surface area contributed by atoms with Gasteiger partial charge in [0.1, 0.15) is 5.69 Å².